The van der Waals surface area contributed by atoms with Gasteiger partial charge in [-0.05, 0) is 37.3 Å². The molecule has 1 aromatic heterocycles. The third kappa shape index (κ3) is 4.35. The highest BCUT2D eigenvalue weighted by atomic mass is 19.1. The summed E-state index contributed by atoms with van der Waals surface area (Å²) >= 11 is 0. The summed E-state index contributed by atoms with van der Waals surface area (Å²) in [6, 6.07) is 12.3. The highest BCUT2D eigenvalue weighted by Gasteiger charge is 2.12. The summed E-state index contributed by atoms with van der Waals surface area (Å²) < 4.78 is 19.9. The molecule has 2 aromatic carbocycles. The Morgan fingerprint density at radius 2 is 1.86 bits per heavy atom. The largest absolute Gasteiger partial charge is 0.452 e. The molecule has 0 unspecified atom stereocenters. The quantitative estimate of drug-likeness (QED) is 0.638. The Bertz CT molecular complexity index is 1050. The number of H-pyrrole nitrogens is 1. The van der Waals surface area contributed by atoms with E-state index in [1.54, 1.807) is 43.5 Å². The molecule has 7 nitrogen and oxygen atoms in total. The van der Waals surface area contributed by atoms with Crippen molar-refractivity contribution in [2.45, 2.75) is 13.5 Å². The SMILES string of the molecule is Cc1c[nH]c(=O)n1-c1ccc(C(=O)OCC(=O)NCc2ccccc2F)cc1. The molecular weight excluding hydrogens is 365 g/mol. The first-order valence-electron chi connectivity index (χ1n) is 8.50. The van der Waals surface area contributed by atoms with Gasteiger partial charge in [-0.25, -0.2) is 14.0 Å². The number of benzene rings is 2. The minimum Gasteiger partial charge on any atom is -0.452 e. The maximum absolute atomic E-state index is 13.5. The van der Waals surface area contributed by atoms with Crippen LogP contribution >= 0.6 is 0 Å². The number of carbonyl (C=O) groups excluding carboxylic acids is 2. The van der Waals surface area contributed by atoms with Gasteiger partial charge in [0.15, 0.2) is 6.61 Å². The molecule has 0 saturated carbocycles. The maximum atomic E-state index is 13.5. The zero-order chi connectivity index (χ0) is 20.1. The van der Waals surface area contributed by atoms with Crippen molar-refractivity contribution < 1.29 is 18.7 Å². The van der Waals surface area contributed by atoms with Gasteiger partial charge in [-0.15, -0.1) is 0 Å². The van der Waals surface area contributed by atoms with Crippen molar-refractivity contribution in [1.29, 1.82) is 0 Å². The molecule has 28 heavy (non-hydrogen) atoms. The Kier molecular flexibility index (Phi) is 5.69. The van der Waals surface area contributed by atoms with Crippen LogP contribution in [0.1, 0.15) is 21.6 Å². The Hall–Kier alpha value is -3.68. The van der Waals surface area contributed by atoms with E-state index in [0.717, 1.165) is 5.69 Å². The number of ether oxygens (including phenoxy) is 1. The number of amides is 1. The first kappa shape index (κ1) is 19.1. The van der Waals surface area contributed by atoms with Gasteiger partial charge in [0.25, 0.3) is 5.91 Å². The number of hydrogen-bond donors (Lipinski definition) is 2. The second-order valence-corrected chi connectivity index (χ2v) is 6.06. The van der Waals surface area contributed by atoms with Gasteiger partial charge in [0.1, 0.15) is 5.82 Å². The number of aromatic nitrogens is 2. The smallest absolute Gasteiger partial charge is 0.338 e. The summed E-state index contributed by atoms with van der Waals surface area (Å²) in [4.78, 5) is 38.2. The number of rotatable bonds is 6. The summed E-state index contributed by atoms with van der Waals surface area (Å²) in [5.41, 5.74) is 1.63. The van der Waals surface area contributed by atoms with Crippen LogP contribution in [-0.2, 0) is 16.1 Å². The van der Waals surface area contributed by atoms with E-state index in [4.69, 9.17) is 4.74 Å². The van der Waals surface area contributed by atoms with Crippen molar-refractivity contribution in [3.63, 3.8) is 0 Å². The van der Waals surface area contributed by atoms with Crippen molar-refractivity contribution in [1.82, 2.24) is 14.9 Å². The fourth-order valence-corrected chi connectivity index (χ4v) is 2.62. The van der Waals surface area contributed by atoms with Crippen molar-refractivity contribution in [3.8, 4) is 5.69 Å². The van der Waals surface area contributed by atoms with Crippen LogP contribution in [0.2, 0.25) is 0 Å². The van der Waals surface area contributed by atoms with Gasteiger partial charge in [-0.2, -0.15) is 0 Å². The summed E-state index contributed by atoms with van der Waals surface area (Å²) in [5, 5.41) is 2.49. The molecule has 2 N–H and O–H groups in total. The predicted molar refractivity (Wildman–Crippen MR) is 99.7 cm³/mol. The lowest BCUT2D eigenvalue weighted by Crippen LogP contribution is -2.28. The molecule has 0 aliphatic rings. The topological polar surface area (TPSA) is 93.2 Å². The lowest BCUT2D eigenvalue weighted by Gasteiger charge is -2.08. The molecule has 0 aliphatic heterocycles. The second-order valence-electron chi connectivity index (χ2n) is 6.06. The number of aryl methyl sites for hydroxylation is 1. The van der Waals surface area contributed by atoms with E-state index in [2.05, 4.69) is 10.3 Å². The molecule has 3 rings (SSSR count). The van der Waals surface area contributed by atoms with Crippen molar-refractivity contribution in [2.75, 3.05) is 6.61 Å². The highest BCUT2D eigenvalue weighted by molar-refractivity contribution is 5.91. The molecule has 0 spiro atoms. The molecule has 1 heterocycles. The van der Waals surface area contributed by atoms with Crippen LogP contribution in [0.15, 0.2) is 59.5 Å². The molecule has 0 radical (unpaired) electrons. The maximum Gasteiger partial charge on any atom is 0.338 e. The van der Waals surface area contributed by atoms with Gasteiger partial charge < -0.3 is 15.0 Å². The molecule has 1 amide bonds. The van der Waals surface area contributed by atoms with E-state index >= 15 is 0 Å². The number of carbonyl (C=O) groups is 2. The van der Waals surface area contributed by atoms with Gasteiger partial charge >= 0.3 is 11.7 Å². The minimum absolute atomic E-state index is 0.00250. The van der Waals surface area contributed by atoms with Crippen molar-refractivity contribution in [2.24, 2.45) is 0 Å². The lowest BCUT2D eigenvalue weighted by atomic mass is 10.2. The van der Waals surface area contributed by atoms with Gasteiger partial charge in [0.05, 0.1) is 11.3 Å². The third-order valence-electron chi connectivity index (χ3n) is 4.09. The summed E-state index contributed by atoms with van der Waals surface area (Å²) in [5.74, 6) is -1.63. The molecule has 0 saturated heterocycles. The van der Waals surface area contributed by atoms with E-state index in [9.17, 15) is 18.8 Å². The molecule has 3 aromatic rings. The van der Waals surface area contributed by atoms with Crippen LogP contribution in [0.25, 0.3) is 5.69 Å². The Labute approximate surface area is 159 Å². The van der Waals surface area contributed by atoms with E-state index in [-0.39, 0.29) is 17.8 Å². The number of hydrogen-bond acceptors (Lipinski definition) is 4. The number of esters is 1. The zero-order valence-electron chi connectivity index (χ0n) is 15.1. The fourth-order valence-electron chi connectivity index (χ4n) is 2.62. The first-order chi connectivity index (χ1) is 13.5. The average Bonchev–Trinajstić information content (AvgIpc) is 3.04. The fraction of sp³-hybridized carbons (Fsp3) is 0.150. The van der Waals surface area contributed by atoms with Crippen LogP contribution in [0.3, 0.4) is 0 Å². The van der Waals surface area contributed by atoms with E-state index in [1.165, 1.54) is 22.8 Å². The Balaban J connectivity index is 1.54. The standard InChI is InChI=1S/C20H18FN3O4/c1-13-10-23-20(27)24(13)16-8-6-14(7-9-16)19(26)28-12-18(25)22-11-15-4-2-3-5-17(15)21/h2-10H,11-12H2,1H3,(H,22,25)(H,23,27). The highest BCUT2D eigenvalue weighted by Crippen LogP contribution is 2.11. The normalized spacial score (nSPS) is 10.5. The van der Waals surface area contributed by atoms with E-state index < -0.39 is 24.3 Å². The van der Waals surface area contributed by atoms with E-state index in [1.807, 2.05) is 0 Å². The Morgan fingerprint density at radius 3 is 2.50 bits per heavy atom. The van der Waals surface area contributed by atoms with Gasteiger partial charge in [0.2, 0.25) is 0 Å². The molecular formula is C20H18FN3O4. The summed E-state index contributed by atoms with van der Waals surface area (Å²) in [7, 11) is 0. The number of nitrogens with zero attached hydrogens (tertiary/aromatic N) is 1. The molecule has 0 bridgehead atoms. The second kappa shape index (κ2) is 8.34. The molecule has 0 atom stereocenters. The molecule has 0 fully saturated rings. The monoisotopic (exact) mass is 383 g/mol. The minimum atomic E-state index is -0.675. The van der Waals surface area contributed by atoms with Crippen molar-refractivity contribution >= 4 is 11.9 Å². The zero-order valence-corrected chi connectivity index (χ0v) is 15.1. The summed E-state index contributed by atoms with van der Waals surface area (Å²) in [6.45, 7) is 1.30. The van der Waals surface area contributed by atoms with Crippen LogP contribution in [-0.4, -0.2) is 28.0 Å². The lowest BCUT2D eigenvalue weighted by molar-refractivity contribution is -0.124. The van der Waals surface area contributed by atoms with Gasteiger partial charge in [-0.1, -0.05) is 18.2 Å². The number of imidazole rings is 1. The first-order valence-corrected chi connectivity index (χ1v) is 8.50. The summed E-state index contributed by atoms with van der Waals surface area (Å²) in [6.07, 6.45) is 1.59. The third-order valence-corrected chi connectivity index (χ3v) is 4.09. The molecule has 0 aliphatic carbocycles. The van der Waals surface area contributed by atoms with E-state index in [0.29, 0.717) is 11.3 Å². The number of aromatic amines is 1. The van der Waals surface area contributed by atoms with Crippen molar-refractivity contribution in [3.05, 3.63) is 87.9 Å². The van der Waals surface area contributed by atoms with Crippen LogP contribution in [0.4, 0.5) is 4.39 Å². The van der Waals surface area contributed by atoms with Gasteiger partial charge in [-0.3, -0.25) is 9.36 Å². The molecule has 8 heteroatoms. The van der Waals surface area contributed by atoms with Crippen LogP contribution in [0.5, 0.6) is 0 Å². The van der Waals surface area contributed by atoms with Crippen LogP contribution < -0.4 is 11.0 Å². The number of halogens is 1. The molecule has 144 valence electrons. The average molecular weight is 383 g/mol. The predicted octanol–water partition coefficient (Wildman–Crippen LogP) is 2.09. The Morgan fingerprint density at radius 1 is 1.14 bits per heavy atom. The number of nitrogens with one attached hydrogen (secondary N) is 2. The van der Waals surface area contributed by atoms with Crippen LogP contribution in [0, 0.1) is 12.7 Å². The van der Waals surface area contributed by atoms with Gasteiger partial charge in [0, 0.05) is 24.0 Å².